The van der Waals surface area contributed by atoms with Crippen molar-refractivity contribution in [3.8, 4) is 0 Å². The maximum absolute atomic E-state index is 12.3. The summed E-state index contributed by atoms with van der Waals surface area (Å²) < 4.78 is 5.39. The molecule has 3 rings (SSSR count). The zero-order chi connectivity index (χ0) is 16.1. The summed E-state index contributed by atoms with van der Waals surface area (Å²) in [6, 6.07) is 15.3. The van der Waals surface area contributed by atoms with E-state index >= 15 is 0 Å². The number of carbonyl (C=O) groups excluding carboxylic acids is 1. The van der Waals surface area contributed by atoms with Gasteiger partial charge in [0.15, 0.2) is 0 Å². The van der Waals surface area contributed by atoms with Gasteiger partial charge in [0.25, 0.3) is 0 Å². The Labute approximate surface area is 136 Å². The highest BCUT2D eigenvalue weighted by atomic mass is 16.5. The van der Waals surface area contributed by atoms with Crippen molar-refractivity contribution in [3.63, 3.8) is 0 Å². The van der Waals surface area contributed by atoms with Crippen LogP contribution in [0.4, 0.5) is 21.9 Å². The molecule has 1 heterocycles. The number of hydrogen-bond donors (Lipinski definition) is 2. The van der Waals surface area contributed by atoms with Gasteiger partial charge in [0.1, 0.15) is 0 Å². The number of carbonyl (C=O) groups is 1. The smallest absolute Gasteiger partial charge is 0.323 e. The van der Waals surface area contributed by atoms with Crippen molar-refractivity contribution in [2.24, 2.45) is 0 Å². The molecule has 1 fully saturated rings. The minimum absolute atomic E-state index is 0.240. The van der Waals surface area contributed by atoms with E-state index in [2.05, 4.69) is 15.5 Å². The second-order valence-corrected chi connectivity index (χ2v) is 5.57. The SMILES string of the molecule is Cc1cccc(NC(=O)Nc2ccccc2N2CCOCC2)c1. The van der Waals surface area contributed by atoms with Gasteiger partial charge in [0, 0.05) is 18.8 Å². The van der Waals surface area contributed by atoms with Crippen LogP contribution in [-0.2, 0) is 4.74 Å². The normalized spacial score (nSPS) is 14.4. The third-order valence-corrected chi connectivity index (χ3v) is 3.78. The average molecular weight is 311 g/mol. The van der Waals surface area contributed by atoms with Gasteiger partial charge >= 0.3 is 6.03 Å². The van der Waals surface area contributed by atoms with Crippen LogP contribution in [0.1, 0.15) is 5.56 Å². The van der Waals surface area contributed by atoms with E-state index in [1.807, 2.05) is 55.5 Å². The summed E-state index contributed by atoms with van der Waals surface area (Å²) in [5.74, 6) is 0. The van der Waals surface area contributed by atoms with Crippen LogP contribution >= 0.6 is 0 Å². The number of nitrogens with zero attached hydrogens (tertiary/aromatic N) is 1. The molecule has 2 aromatic carbocycles. The van der Waals surface area contributed by atoms with Crippen molar-refractivity contribution in [2.45, 2.75) is 6.92 Å². The second-order valence-electron chi connectivity index (χ2n) is 5.57. The fraction of sp³-hybridized carbons (Fsp3) is 0.278. The highest BCUT2D eigenvalue weighted by molar-refractivity contribution is 6.01. The number of ether oxygens (including phenoxy) is 1. The van der Waals surface area contributed by atoms with Gasteiger partial charge in [-0.15, -0.1) is 0 Å². The first-order chi connectivity index (χ1) is 11.2. The van der Waals surface area contributed by atoms with Gasteiger partial charge < -0.3 is 20.3 Å². The fourth-order valence-electron chi connectivity index (χ4n) is 2.67. The van der Waals surface area contributed by atoms with Crippen molar-refractivity contribution in [2.75, 3.05) is 41.8 Å². The highest BCUT2D eigenvalue weighted by Gasteiger charge is 2.15. The van der Waals surface area contributed by atoms with E-state index in [9.17, 15) is 4.79 Å². The molecule has 1 aliphatic heterocycles. The number of rotatable bonds is 3. The maximum atomic E-state index is 12.3. The van der Waals surface area contributed by atoms with Crippen molar-refractivity contribution < 1.29 is 9.53 Å². The molecule has 23 heavy (non-hydrogen) atoms. The molecule has 0 spiro atoms. The number of morpholine rings is 1. The molecule has 1 saturated heterocycles. The molecular formula is C18H21N3O2. The van der Waals surface area contributed by atoms with E-state index in [0.717, 1.165) is 35.7 Å². The summed E-state index contributed by atoms with van der Waals surface area (Å²) in [6.07, 6.45) is 0. The van der Waals surface area contributed by atoms with Crippen LogP contribution in [0, 0.1) is 6.92 Å². The van der Waals surface area contributed by atoms with E-state index in [1.54, 1.807) is 0 Å². The van der Waals surface area contributed by atoms with E-state index < -0.39 is 0 Å². The summed E-state index contributed by atoms with van der Waals surface area (Å²) in [4.78, 5) is 14.5. The summed E-state index contributed by atoms with van der Waals surface area (Å²) in [7, 11) is 0. The minimum atomic E-state index is -0.240. The largest absolute Gasteiger partial charge is 0.378 e. The lowest BCUT2D eigenvalue weighted by atomic mass is 10.2. The lowest BCUT2D eigenvalue weighted by Gasteiger charge is -2.30. The lowest BCUT2D eigenvalue weighted by molar-refractivity contribution is 0.123. The highest BCUT2D eigenvalue weighted by Crippen LogP contribution is 2.26. The Kier molecular flexibility index (Phi) is 4.78. The predicted octanol–water partition coefficient (Wildman–Crippen LogP) is 3.48. The summed E-state index contributed by atoms with van der Waals surface area (Å²) >= 11 is 0. The minimum Gasteiger partial charge on any atom is -0.378 e. The Morgan fingerprint density at radius 2 is 1.83 bits per heavy atom. The number of benzene rings is 2. The van der Waals surface area contributed by atoms with Crippen molar-refractivity contribution in [1.82, 2.24) is 0 Å². The fourth-order valence-corrected chi connectivity index (χ4v) is 2.67. The molecule has 120 valence electrons. The van der Waals surface area contributed by atoms with Crippen LogP contribution in [0.25, 0.3) is 0 Å². The van der Waals surface area contributed by atoms with Crippen molar-refractivity contribution in [3.05, 3.63) is 54.1 Å². The summed E-state index contributed by atoms with van der Waals surface area (Å²) in [5.41, 5.74) is 3.72. The van der Waals surface area contributed by atoms with Crippen LogP contribution in [0.2, 0.25) is 0 Å². The van der Waals surface area contributed by atoms with Crippen LogP contribution in [0.3, 0.4) is 0 Å². The Morgan fingerprint density at radius 3 is 2.61 bits per heavy atom. The molecule has 2 N–H and O–H groups in total. The molecule has 0 aliphatic carbocycles. The molecule has 2 aromatic rings. The van der Waals surface area contributed by atoms with Gasteiger partial charge in [-0.05, 0) is 36.8 Å². The molecule has 0 saturated carbocycles. The Morgan fingerprint density at radius 1 is 1.04 bits per heavy atom. The Hall–Kier alpha value is -2.53. The van der Waals surface area contributed by atoms with Gasteiger partial charge in [-0.2, -0.15) is 0 Å². The average Bonchev–Trinajstić information content (AvgIpc) is 2.56. The maximum Gasteiger partial charge on any atom is 0.323 e. The van der Waals surface area contributed by atoms with Crippen LogP contribution in [-0.4, -0.2) is 32.3 Å². The quantitative estimate of drug-likeness (QED) is 0.912. The van der Waals surface area contributed by atoms with E-state index in [4.69, 9.17) is 4.74 Å². The number of amides is 2. The molecule has 0 aromatic heterocycles. The summed E-state index contributed by atoms with van der Waals surface area (Å²) in [6.45, 7) is 5.08. The first-order valence-electron chi connectivity index (χ1n) is 7.79. The van der Waals surface area contributed by atoms with Crippen LogP contribution < -0.4 is 15.5 Å². The van der Waals surface area contributed by atoms with Crippen LogP contribution in [0.5, 0.6) is 0 Å². The standard InChI is InChI=1S/C18H21N3O2/c1-14-5-4-6-15(13-14)19-18(22)20-16-7-2-3-8-17(16)21-9-11-23-12-10-21/h2-8,13H,9-12H2,1H3,(H2,19,20,22). The van der Waals surface area contributed by atoms with Crippen LogP contribution in [0.15, 0.2) is 48.5 Å². The number of nitrogens with one attached hydrogen (secondary N) is 2. The molecular weight excluding hydrogens is 290 g/mol. The van der Waals surface area contributed by atoms with Crippen molar-refractivity contribution in [1.29, 1.82) is 0 Å². The van der Waals surface area contributed by atoms with Crippen molar-refractivity contribution >= 4 is 23.1 Å². The molecule has 1 aliphatic rings. The number of hydrogen-bond acceptors (Lipinski definition) is 3. The van der Waals surface area contributed by atoms with Gasteiger partial charge in [0.05, 0.1) is 24.6 Å². The van der Waals surface area contributed by atoms with Gasteiger partial charge in [-0.1, -0.05) is 24.3 Å². The van der Waals surface area contributed by atoms with Gasteiger partial charge in [0.2, 0.25) is 0 Å². The summed E-state index contributed by atoms with van der Waals surface area (Å²) in [5, 5.41) is 5.81. The monoisotopic (exact) mass is 311 g/mol. The third kappa shape index (κ3) is 4.02. The molecule has 0 bridgehead atoms. The molecule has 0 unspecified atom stereocenters. The lowest BCUT2D eigenvalue weighted by Crippen LogP contribution is -2.36. The third-order valence-electron chi connectivity index (χ3n) is 3.78. The topological polar surface area (TPSA) is 53.6 Å². The Balaban J connectivity index is 1.71. The first kappa shape index (κ1) is 15.4. The van der Waals surface area contributed by atoms with Gasteiger partial charge in [-0.25, -0.2) is 4.79 Å². The van der Waals surface area contributed by atoms with E-state index in [0.29, 0.717) is 13.2 Å². The number of para-hydroxylation sites is 2. The molecule has 2 amide bonds. The number of anilines is 3. The zero-order valence-corrected chi connectivity index (χ0v) is 13.2. The second kappa shape index (κ2) is 7.15. The number of urea groups is 1. The number of aryl methyl sites for hydroxylation is 1. The Bertz CT molecular complexity index is 681. The molecule has 0 radical (unpaired) electrons. The first-order valence-corrected chi connectivity index (χ1v) is 7.79. The predicted molar refractivity (Wildman–Crippen MR) is 93.3 cm³/mol. The zero-order valence-electron chi connectivity index (χ0n) is 13.2. The van der Waals surface area contributed by atoms with Gasteiger partial charge in [-0.3, -0.25) is 0 Å². The van der Waals surface area contributed by atoms with E-state index in [1.165, 1.54) is 0 Å². The molecule has 5 nitrogen and oxygen atoms in total. The molecule has 5 heteroatoms. The molecule has 0 atom stereocenters. The van der Waals surface area contributed by atoms with E-state index in [-0.39, 0.29) is 6.03 Å².